The van der Waals surface area contributed by atoms with Crippen LogP contribution in [0.15, 0.2) is 29.3 Å². The van der Waals surface area contributed by atoms with Crippen molar-refractivity contribution in [3.63, 3.8) is 0 Å². The lowest BCUT2D eigenvalue weighted by molar-refractivity contribution is -0.145. The molecule has 4 nitrogen and oxygen atoms in total. The van der Waals surface area contributed by atoms with E-state index in [0.29, 0.717) is 31.9 Å². The van der Waals surface area contributed by atoms with E-state index in [4.69, 9.17) is 4.74 Å². The number of carboxylic acids is 1. The van der Waals surface area contributed by atoms with E-state index >= 15 is 0 Å². The van der Waals surface area contributed by atoms with Crippen LogP contribution in [0.25, 0.3) is 0 Å². The van der Waals surface area contributed by atoms with Crippen molar-refractivity contribution < 1.29 is 14.6 Å². The second-order valence-electron chi connectivity index (χ2n) is 5.53. The maximum absolute atomic E-state index is 12.0. The number of rotatable bonds is 3. The Morgan fingerprint density at radius 1 is 1.20 bits per heavy atom. The Balaban J connectivity index is 2.09. The van der Waals surface area contributed by atoms with Crippen LogP contribution in [0.4, 0.5) is 0 Å². The molecule has 0 saturated heterocycles. The van der Waals surface area contributed by atoms with Crippen molar-refractivity contribution in [2.45, 2.75) is 37.5 Å². The monoisotopic (exact) mass is 273 g/mol. The summed E-state index contributed by atoms with van der Waals surface area (Å²) in [5.41, 5.74) is 0.950. The van der Waals surface area contributed by atoms with Crippen LogP contribution in [0.5, 0.6) is 0 Å². The summed E-state index contributed by atoms with van der Waals surface area (Å²) in [6, 6.07) is 7.69. The highest BCUT2D eigenvalue weighted by atomic mass is 16.5. The lowest BCUT2D eigenvalue weighted by Crippen LogP contribution is -2.39. The zero-order valence-electron chi connectivity index (χ0n) is 11.5. The minimum absolute atomic E-state index is 0.587. The molecule has 1 saturated carbocycles. The van der Waals surface area contributed by atoms with Crippen molar-refractivity contribution in [1.82, 2.24) is 0 Å². The van der Waals surface area contributed by atoms with Crippen LogP contribution < -0.4 is 0 Å². The molecule has 106 valence electrons. The van der Waals surface area contributed by atoms with Crippen LogP contribution >= 0.6 is 0 Å². The molecular weight excluding hydrogens is 254 g/mol. The molecule has 0 aromatic heterocycles. The molecule has 1 aromatic carbocycles. The highest BCUT2D eigenvalue weighted by Gasteiger charge is 2.43. The maximum Gasteiger partial charge on any atom is 0.314 e. The number of hydrogen-bond donors (Lipinski definition) is 1. The first kappa shape index (κ1) is 13.2. The van der Waals surface area contributed by atoms with Gasteiger partial charge in [-0.1, -0.05) is 37.5 Å². The molecule has 0 spiro atoms. The molecule has 0 atom stereocenters. The third-order valence-corrected chi connectivity index (χ3v) is 4.38. The minimum atomic E-state index is -0.774. The van der Waals surface area contributed by atoms with Crippen LogP contribution in [0.2, 0.25) is 0 Å². The number of aliphatic imine (C=N–C) groups is 1. The number of ether oxygens (including phenoxy) is 1. The van der Waals surface area contributed by atoms with Crippen molar-refractivity contribution in [3.8, 4) is 0 Å². The Morgan fingerprint density at radius 3 is 2.60 bits per heavy atom. The second-order valence-corrected chi connectivity index (χ2v) is 5.53. The van der Waals surface area contributed by atoms with E-state index in [2.05, 4.69) is 4.99 Å². The summed E-state index contributed by atoms with van der Waals surface area (Å²) >= 11 is 0. The average molecular weight is 273 g/mol. The van der Waals surface area contributed by atoms with Gasteiger partial charge in [0.05, 0.1) is 12.0 Å². The summed E-state index contributed by atoms with van der Waals surface area (Å²) in [6.45, 7) is 1.24. The van der Waals surface area contributed by atoms with Gasteiger partial charge in [0, 0.05) is 5.56 Å². The first-order valence-corrected chi connectivity index (χ1v) is 7.24. The number of carboxylic acid groups (broad SMARTS) is 1. The molecular formula is C16H19NO3. The van der Waals surface area contributed by atoms with Gasteiger partial charge >= 0.3 is 5.97 Å². The first-order valence-electron chi connectivity index (χ1n) is 7.24. The molecule has 4 heteroatoms. The van der Waals surface area contributed by atoms with Crippen molar-refractivity contribution in [1.29, 1.82) is 0 Å². The quantitative estimate of drug-likeness (QED) is 0.921. The smallest absolute Gasteiger partial charge is 0.314 e. The molecule has 1 aliphatic heterocycles. The summed E-state index contributed by atoms with van der Waals surface area (Å²) < 4.78 is 5.55. The van der Waals surface area contributed by atoms with Gasteiger partial charge in [0.15, 0.2) is 0 Å². The zero-order chi connectivity index (χ0) is 14.0. The molecule has 1 aromatic rings. The van der Waals surface area contributed by atoms with E-state index in [1.807, 2.05) is 24.3 Å². The normalized spacial score (nSPS) is 21.1. The summed E-state index contributed by atoms with van der Waals surface area (Å²) in [5.74, 6) is -0.116. The maximum atomic E-state index is 12.0. The summed E-state index contributed by atoms with van der Waals surface area (Å²) in [5, 5.41) is 9.83. The highest BCUT2D eigenvalue weighted by molar-refractivity contribution is 5.98. The summed E-state index contributed by atoms with van der Waals surface area (Å²) in [6.07, 6.45) is 4.45. The molecule has 1 fully saturated rings. The molecule has 0 amide bonds. The van der Waals surface area contributed by atoms with Gasteiger partial charge in [-0.05, 0) is 24.5 Å². The Labute approximate surface area is 118 Å². The molecule has 3 rings (SSSR count). The predicted molar refractivity (Wildman–Crippen MR) is 76.2 cm³/mol. The van der Waals surface area contributed by atoms with Crippen molar-refractivity contribution in [2.75, 3.05) is 13.2 Å². The topological polar surface area (TPSA) is 58.9 Å². The molecule has 1 N–H and O–H groups in total. The minimum Gasteiger partial charge on any atom is -0.481 e. The van der Waals surface area contributed by atoms with E-state index < -0.39 is 11.4 Å². The fraction of sp³-hybridized carbons (Fsp3) is 0.500. The van der Waals surface area contributed by atoms with E-state index in [9.17, 15) is 9.90 Å². The molecule has 2 aliphatic rings. The third-order valence-electron chi connectivity index (χ3n) is 4.38. The number of aliphatic carboxylic acids is 1. The molecule has 0 unspecified atom stereocenters. The van der Waals surface area contributed by atoms with E-state index in [1.165, 1.54) is 0 Å². The van der Waals surface area contributed by atoms with Crippen molar-refractivity contribution >= 4 is 11.9 Å². The average Bonchev–Trinajstić information content (AvgIpc) is 3.02. The SMILES string of the molecule is O=C(O)C1(c2ccccc2C2=NCCO2)CCCCC1. The summed E-state index contributed by atoms with van der Waals surface area (Å²) in [4.78, 5) is 16.3. The Morgan fingerprint density at radius 2 is 1.95 bits per heavy atom. The highest BCUT2D eigenvalue weighted by Crippen LogP contribution is 2.41. The van der Waals surface area contributed by atoms with Crippen LogP contribution in [0, 0.1) is 0 Å². The van der Waals surface area contributed by atoms with Gasteiger partial charge in [-0.2, -0.15) is 0 Å². The third kappa shape index (κ3) is 2.09. The van der Waals surface area contributed by atoms with Crippen molar-refractivity contribution in [2.24, 2.45) is 4.99 Å². The number of carbonyl (C=O) groups is 1. The summed E-state index contributed by atoms with van der Waals surface area (Å²) in [7, 11) is 0. The number of nitrogens with zero attached hydrogens (tertiary/aromatic N) is 1. The fourth-order valence-electron chi connectivity index (χ4n) is 3.34. The van der Waals surface area contributed by atoms with Gasteiger partial charge in [-0.25, -0.2) is 4.99 Å². The van der Waals surface area contributed by atoms with Gasteiger partial charge in [0.25, 0.3) is 0 Å². The lowest BCUT2D eigenvalue weighted by atomic mass is 9.68. The number of hydrogen-bond acceptors (Lipinski definition) is 3. The van der Waals surface area contributed by atoms with Crippen LogP contribution in [0.3, 0.4) is 0 Å². The molecule has 20 heavy (non-hydrogen) atoms. The van der Waals surface area contributed by atoms with Gasteiger partial charge in [0.2, 0.25) is 5.90 Å². The fourth-order valence-corrected chi connectivity index (χ4v) is 3.34. The van der Waals surface area contributed by atoms with Crippen LogP contribution in [-0.4, -0.2) is 30.1 Å². The molecule has 0 bridgehead atoms. The predicted octanol–water partition coefficient (Wildman–Crippen LogP) is 2.75. The molecule has 0 radical (unpaired) electrons. The van der Waals surface area contributed by atoms with Gasteiger partial charge < -0.3 is 9.84 Å². The lowest BCUT2D eigenvalue weighted by Gasteiger charge is -2.34. The first-order chi connectivity index (χ1) is 9.74. The molecule has 1 aliphatic carbocycles. The van der Waals surface area contributed by atoms with Gasteiger partial charge in [-0.15, -0.1) is 0 Å². The standard InChI is InChI=1S/C16H19NO3/c18-15(19)16(8-4-1-5-9-16)13-7-3-2-6-12(13)14-17-10-11-20-14/h2-3,6-7H,1,4-5,8-11H2,(H,18,19). The Kier molecular flexibility index (Phi) is 3.47. The Bertz CT molecular complexity index is 544. The van der Waals surface area contributed by atoms with Gasteiger partial charge in [0.1, 0.15) is 6.61 Å². The van der Waals surface area contributed by atoms with Crippen molar-refractivity contribution in [3.05, 3.63) is 35.4 Å². The van der Waals surface area contributed by atoms with E-state index in [-0.39, 0.29) is 0 Å². The second kappa shape index (κ2) is 5.27. The largest absolute Gasteiger partial charge is 0.481 e. The van der Waals surface area contributed by atoms with Crippen LogP contribution in [-0.2, 0) is 14.9 Å². The zero-order valence-corrected chi connectivity index (χ0v) is 11.5. The van der Waals surface area contributed by atoms with Crippen LogP contribution in [0.1, 0.15) is 43.2 Å². The Hall–Kier alpha value is -1.84. The number of benzene rings is 1. The molecule has 1 heterocycles. The van der Waals surface area contributed by atoms with E-state index in [1.54, 1.807) is 0 Å². The van der Waals surface area contributed by atoms with E-state index in [0.717, 1.165) is 30.4 Å². The van der Waals surface area contributed by atoms with Gasteiger partial charge in [-0.3, -0.25) is 4.79 Å².